The molecule has 1 aromatic carbocycles. The van der Waals surface area contributed by atoms with Crippen molar-refractivity contribution in [1.29, 1.82) is 0 Å². The number of H-pyrrole nitrogens is 1. The van der Waals surface area contributed by atoms with Crippen LogP contribution in [0, 0.1) is 11.2 Å². The minimum Gasteiger partial charge on any atom is -0.397 e. The van der Waals surface area contributed by atoms with Crippen molar-refractivity contribution in [3.8, 4) is 11.4 Å². The van der Waals surface area contributed by atoms with E-state index in [1.165, 1.54) is 6.07 Å². The maximum absolute atomic E-state index is 14.9. The number of fused-ring (bicyclic) bond motifs is 1. The molecule has 5 heterocycles. The van der Waals surface area contributed by atoms with Crippen molar-refractivity contribution >= 4 is 22.1 Å². The highest BCUT2D eigenvalue weighted by Crippen LogP contribution is 2.40. The number of anilines is 2. The van der Waals surface area contributed by atoms with Crippen LogP contribution in [-0.2, 0) is 17.5 Å². The van der Waals surface area contributed by atoms with Crippen LogP contribution in [0.2, 0.25) is 0 Å². The summed E-state index contributed by atoms with van der Waals surface area (Å²) in [6.45, 7) is 6.32. The van der Waals surface area contributed by atoms with Crippen molar-refractivity contribution in [2.24, 2.45) is 5.41 Å². The molecule has 42 heavy (non-hydrogen) atoms. The Hall–Kier alpha value is -4.33. The molecule has 0 aliphatic carbocycles. The summed E-state index contributed by atoms with van der Waals surface area (Å²) < 4.78 is 57.8. The molecule has 1 spiro atoms. The highest BCUT2D eigenvalue weighted by atomic mass is 19.4. The second kappa shape index (κ2) is 11.5. The Bertz CT molecular complexity index is 1690. The van der Waals surface area contributed by atoms with E-state index >= 15 is 0 Å². The van der Waals surface area contributed by atoms with Crippen LogP contribution in [-0.4, -0.2) is 51.0 Å². The van der Waals surface area contributed by atoms with Gasteiger partial charge in [-0.15, -0.1) is 0 Å². The van der Waals surface area contributed by atoms with E-state index < -0.39 is 28.8 Å². The number of halogens is 4. The first-order valence-corrected chi connectivity index (χ1v) is 13.4. The number of hydrogen-bond donors (Lipinski definition) is 2. The van der Waals surface area contributed by atoms with Crippen molar-refractivity contribution in [3.05, 3.63) is 75.1 Å². The normalized spacial score (nSPS) is 15.6. The molecule has 0 atom stereocenters. The molecule has 4 aromatic rings. The summed E-state index contributed by atoms with van der Waals surface area (Å²) in [6.07, 6.45) is 4.37. The number of hydrogen-bond acceptors (Lipinski definition) is 8. The summed E-state index contributed by atoms with van der Waals surface area (Å²) in [7, 11) is 0. The van der Waals surface area contributed by atoms with E-state index in [0.717, 1.165) is 57.4 Å². The van der Waals surface area contributed by atoms with Gasteiger partial charge in [-0.25, -0.2) is 19.5 Å². The second-order valence-electron chi connectivity index (χ2n) is 10.6. The summed E-state index contributed by atoms with van der Waals surface area (Å²) in [5.41, 5.74) is 2.90. The number of aromatic amines is 1. The Labute approximate surface area is 237 Å². The Kier molecular flexibility index (Phi) is 7.99. The number of ether oxygens (including phenoxy) is 1. The van der Waals surface area contributed by atoms with Gasteiger partial charge < -0.3 is 19.9 Å². The Balaban J connectivity index is 0.000000248. The number of aryl methyl sites for hydroxylation is 1. The number of aromatic nitrogens is 5. The monoisotopic (exact) mass is 587 g/mol. The van der Waals surface area contributed by atoms with Crippen molar-refractivity contribution in [3.63, 3.8) is 0 Å². The molecule has 14 heteroatoms. The molecule has 2 aliphatic rings. The van der Waals surface area contributed by atoms with Crippen LogP contribution >= 0.6 is 0 Å². The molecule has 6 rings (SSSR count). The summed E-state index contributed by atoms with van der Waals surface area (Å²) >= 11 is 0. The average molecular weight is 588 g/mol. The van der Waals surface area contributed by atoms with Crippen molar-refractivity contribution < 1.29 is 22.3 Å². The van der Waals surface area contributed by atoms with Gasteiger partial charge in [-0.3, -0.25) is 9.59 Å². The van der Waals surface area contributed by atoms with Gasteiger partial charge in [-0.05, 0) is 30.0 Å². The van der Waals surface area contributed by atoms with E-state index in [2.05, 4.69) is 26.9 Å². The van der Waals surface area contributed by atoms with Gasteiger partial charge in [-0.2, -0.15) is 18.3 Å². The average Bonchev–Trinajstić information content (AvgIpc) is 2.89. The van der Waals surface area contributed by atoms with E-state index in [0.29, 0.717) is 34.1 Å². The molecular formula is C28H29F4N7O3. The zero-order valence-corrected chi connectivity index (χ0v) is 22.7. The summed E-state index contributed by atoms with van der Waals surface area (Å²) in [5, 5.41) is 5.83. The molecule has 10 nitrogen and oxygen atoms in total. The molecule has 0 radical (unpaired) electrons. The van der Waals surface area contributed by atoms with E-state index in [1.54, 1.807) is 34.3 Å². The lowest BCUT2D eigenvalue weighted by molar-refractivity contribution is -0.138. The van der Waals surface area contributed by atoms with Crippen LogP contribution in [0.4, 0.5) is 28.9 Å². The van der Waals surface area contributed by atoms with Gasteiger partial charge in [0, 0.05) is 25.8 Å². The number of nitrogens with one attached hydrogen (secondary N) is 1. The van der Waals surface area contributed by atoms with Crippen LogP contribution < -0.4 is 21.8 Å². The minimum absolute atomic E-state index is 0.156. The predicted octanol–water partition coefficient (Wildman–Crippen LogP) is 4.00. The van der Waals surface area contributed by atoms with Gasteiger partial charge in [0.2, 0.25) is 0 Å². The van der Waals surface area contributed by atoms with Crippen LogP contribution in [0.25, 0.3) is 22.2 Å². The zero-order valence-electron chi connectivity index (χ0n) is 22.7. The molecule has 2 fully saturated rings. The van der Waals surface area contributed by atoms with Crippen LogP contribution in [0.15, 0.2) is 52.6 Å². The first-order chi connectivity index (χ1) is 20.0. The quantitative estimate of drug-likeness (QED) is 0.256. The molecule has 2 aliphatic heterocycles. The molecule has 0 bridgehead atoms. The van der Waals surface area contributed by atoms with E-state index in [1.807, 2.05) is 6.07 Å². The molecule has 0 amide bonds. The number of nitrogens with zero attached hydrogens (tertiary/aromatic N) is 5. The smallest absolute Gasteiger partial charge is 0.397 e. The van der Waals surface area contributed by atoms with E-state index in [-0.39, 0.29) is 5.56 Å². The molecule has 2 saturated heterocycles. The Morgan fingerprint density at radius 3 is 2.38 bits per heavy atom. The van der Waals surface area contributed by atoms with E-state index in [4.69, 9.17) is 10.5 Å². The zero-order chi connectivity index (χ0) is 30.1. The Morgan fingerprint density at radius 1 is 1.10 bits per heavy atom. The first-order valence-electron chi connectivity index (χ1n) is 13.4. The lowest BCUT2D eigenvalue weighted by Gasteiger charge is -2.55. The third-order valence-corrected chi connectivity index (χ3v) is 7.35. The number of unbranched alkanes of at least 4 members (excludes halogenated alkanes) is 2. The number of nitrogen functional groups attached to an aromatic ring is 1. The largest absolute Gasteiger partial charge is 0.423 e. The molecule has 222 valence electrons. The number of benzene rings is 1. The van der Waals surface area contributed by atoms with Crippen LogP contribution in [0.5, 0.6) is 0 Å². The summed E-state index contributed by atoms with van der Waals surface area (Å²) in [5.74, 6) is -0.152. The first kappa shape index (κ1) is 29.2. The summed E-state index contributed by atoms with van der Waals surface area (Å²) in [6, 6.07) is 4.85. The highest BCUT2D eigenvalue weighted by molar-refractivity contribution is 5.86. The second-order valence-corrected chi connectivity index (χ2v) is 10.6. The fourth-order valence-corrected chi connectivity index (χ4v) is 5.03. The predicted molar refractivity (Wildman–Crippen MR) is 148 cm³/mol. The van der Waals surface area contributed by atoms with Crippen molar-refractivity contribution in [2.75, 3.05) is 36.9 Å². The molecule has 0 saturated carbocycles. The van der Waals surface area contributed by atoms with Crippen LogP contribution in [0.1, 0.15) is 31.7 Å². The van der Waals surface area contributed by atoms with Gasteiger partial charge in [0.1, 0.15) is 11.4 Å². The molecule has 3 aromatic heterocycles. The minimum atomic E-state index is -4.74. The summed E-state index contributed by atoms with van der Waals surface area (Å²) in [4.78, 5) is 34.3. The molecular weight excluding hydrogens is 558 g/mol. The maximum atomic E-state index is 14.9. The number of pyridine rings is 1. The Morgan fingerprint density at radius 2 is 1.81 bits per heavy atom. The number of rotatable bonds is 6. The lowest BCUT2D eigenvalue weighted by Crippen LogP contribution is -2.66. The topological polar surface area (TPSA) is 132 Å². The maximum Gasteiger partial charge on any atom is 0.423 e. The number of alkyl halides is 3. The van der Waals surface area contributed by atoms with Gasteiger partial charge >= 0.3 is 6.18 Å². The van der Waals surface area contributed by atoms with Gasteiger partial charge in [0.05, 0.1) is 59.5 Å². The third-order valence-electron chi connectivity index (χ3n) is 7.35. The van der Waals surface area contributed by atoms with E-state index in [9.17, 15) is 27.2 Å². The fourth-order valence-electron chi connectivity index (χ4n) is 5.03. The molecule has 3 N–H and O–H groups in total. The SMILES string of the molecule is CCCCCn1ccc2cc(-c3ncc(N4CC5(COC5)C4)cn3)c(F)cc2c1=O.Nc1cn[nH]c(=O)c1C(F)(F)F. The highest BCUT2D eigenvalue weighted by Gasteiger charge is 2.49. The van der Waals surface area contributed by atoms with Crippen molar-refractivity contribution in [2.45, 2.75) is 38.9 Å². The fraction of sp³-hybridized carbons (Fsp3) is 0.393. The number of nitrogens with two attached hydrogens (primary N) is 1. The standard InChI is InChI=1S/C23H25FN4O2.C5H4F3N3O/c1-2-3-4-6-27-7-5-16-8-19(20(24)9-18(16)22(27)29)21-25-10-17(11-26-21)28-12-23(13-28)14-30-15-23;6-5(7,8)3-2(9)1-10-11-4(3)12/h5,7-11H,2-4,6,12-15H2,1H3;1H,(H3,9,11,12). The van der Waals surface area contributed by atoms with Crippen LogP contribution in [0.3, 0.4) is 0 Å². The third kappa shape index (κ3) is 5.84. The van der Waals surface area contributed by atoms with Crippen molar-refractivity contribution in [1.82, 2.24) is 24.7 Å². The van der Waals surface area contributed by atoms with Gasteiger partial charge in [-0.1, -0.05) is 19.8 Å². The lowest BCUT2D eigenvalue weighted by atomic mass is 9.78. The van der Waals surface area contributed by atoms with Gasteiger partial charge in [0.15, 0.2) is 5.82 Å². The van der Waals surface area contributed by atoms with Gasteiger partial charge in [0.25, 0.3) is 11.1 Å². The molecule has 0 unspecified atom stereocenters.